The second-order valence-electron chi connectivity index (χ2n) is 2.89. The summed E-state index contributed by atoms with van der Waals surface area (Å²) in [5.74, 6) is 1.10. The molecule has 0 atom stereocenters. The average Bonchev–Trinajstić information content (AvgIpc) is 2.60. The van der Waals surface area contributed by atoms with Crippen LogP contribution in [0.5, 0.6) is 0 Å². The molecule has 0 radical (unpaired) electrons. The first-order valence-corrected chi connectivity index (χ1v) is 4.00. The van der Waals surface area contributed by atoms with Crippen LogP contribution < -0.4 is 17.0 Å². The fourth-order valence-electron chi connectivity index (χ4n) is 1.41. The molecule has 0 saturated carbocycles. The summed E-state index contributed by atoms with van der Waals surface area (Å²) < 4.78 is 0. The fourth-order valence-corrected chi connectivity index (χ4v) is 1.41. The third-order valence-corrected chi connectivity index (χ3v) is 2.00. The molecule has 0 fully saturated rings. The van der Waals surface area contributed by atoms with Crippen molar-refractivity contribution in [3.8, 4) is 0 Å². The Labute approximate surface area is 109 Å². The zero-order chi connectivity index (χ0) is 7.52. The van der Waals surface area contributed by atoms with Gasteiger partial charge < -0.3 is 23.4 Å². The second kappa shape index (κ2) is 6.73. The van der Waals surface area contributed by atoms with Gasteiger partial charge in [0.2, 0.25) is 0 Å². The summed E-state index contributed by atoms with van der Waals surface area (Å²) in [5, 5.41) is 0. The van der Waals surface area contributed by atoms with Gasteiger partial charge in [0.25, 0.3) is 0 Å². The van der Waals surface area contributed by atoms with Crippen LogP contribution >= 0.6 is 0 Å². The van der Waals surface area contributed by atoms with Crippen LogP contribution in [0.4, 0.5) is 0 Å². The molecule has 2 aliphatic carbocycles. The average molecular weight is 314 g/mol. The van der Waals surface area contributed by atoms with E-state index in [1.165, 1.54) is 0 Å². The van der Waals surface area contributed by atoms with Crippen LogP contribution in [0, 0.1) is 18.3 Å². The van der Waals surface area contributed by atoms with E-state index in [0.29, 0.717) is 11.8 Å². The largest absolute Gasteiger partial charge is 2.00 e. The molecule has 0 aromatic carbocycles. The molecule has 2 rings (SSSR count). The van der Waals surface area contributed by atoms with E-state index in [4.69, 9.17) is 0 Å². The van der Waals surface area contributed by atoms with E-state index >= 15 is 0 Å². The smallest absolute Gasteiger partial charge is 1.00 e. The van der Waals surface area contributed by atoms with Gasteiger partial charge in [-0.15, -0.1) is 36.1 Å². The summed E-state index contributed by atoms with van der Waals surface area (Å²) in [6.45, 7) is 0. The van der Waals surface area contributed by atoms with Crippen molar-refractivity contribution in [1.29, 1.82) is 0 Å². The minimum atomic E-state index is 0. The maximum atomic E-state index is 2.33. The van der Waals surface area contributed by atoms with Gasteiger partial charge in [-0.2, -0.15) is 0 Å². The van der Waals surface area contributed by atoms with E-state index in [9.17, 15) is 0 Å². The molecule has 0 aliphatic heterocycles. The Kier molecular flexibility index (Phi) is 6.90. The van der Waals surface area contributed by atoms with E-state index in [2.05, 4.69) is 55.0 Å². The first-order valence-electron chi connectivity index (χ1n) is 4.00. The molecule has 0 amide bonds. The maximum absolute atomic E-state index is 2.33. The van der Waals surface area contributed by atoms with E-state index in [0.717, 1.165) is 0 Å². The molecule has 0 N–H and O–H groups in total. The van der Waals surface area contributed by atoms with Crippen LogP contribution in [-0.4, -0.2) is 0 Å². The molecule has 0 nitrogen and oxygen atoms in total. The van der Waals surface area contributed by atoms with Crippen molar-refractivity contribution in [2.24, 2.45) is 11.8 Å². The first-order chi connectivity index (χ1) is 5.45. The monoisotopic (exact) mass is 312 g/mol. The maximum Gasteiger partial charge on any atom is 2.00 e. The van der Waals surface area contributed by atoms with Gasteiger partial charge in [0.05, 0.1) is 0 Å². The van der Waals surface area contributed by atoms with E-state index in [-0.39, 0.29) is 43.2 Å². The van der Waals surface area contributed by atoms with Gasteiger partial charge in [-0.25, -0.2) is 0 Å². The molecule has 2 aliphatic rings. The van der Waals surface area contributed by atoms with Crippen LogP contribution in [0.3, 0.4) is 0 Å². The molecule has 0 heterocycles. The fraction of sp³-hybridized carbons (Fsp3) is 0.182. The summed E-state index contributed by atoms with van der Waals surface area (Å²) in [7, 11) is 0. The Bertz CT molecular complexity index is 201. The summed E-state index contributed by atoms with van der Waals surface area (Å²) in [5.41, 5.74) is 0. The second-order valence-corrected chi connectivity index (χ2v) is 2.89. The Balaban J connectivity index is 0.000000720. The van der Waals surface area contributed by atoms with Crippen molar-refractivity contribution in [2.45, 2.75) is 0 Å². The van der Waals surface area contributed by atoms with Gasteiger partial charge in [-0.3, -0.25) is 0 Å². The molecule has 13 heavy (non-hydrogen) atoms. The molecule has 0 saturated heterocycles. The summed E-state index contributed by atoms with van der Waals surface area (Å²) in [4.78, 5) is 0. The van der Waals surface area contributed by atoms with Gasteiger partial charge in [-0.05, 0) is 0 Å². The molecule has 66 valence electrons. The van der Waals surface area contributed by atoms with Crippen molar-refractivity contribution in [2.75, 3.05) is 0 Å². The standard InChI is InChI=1S/C11H11.BrH.Zr/c1-2-6-10(5-1)9-11-7-3-4-8-11;;/h1-11H;1H;/q-1;;+2/p-1. The molecule has 2 heteroatoms. The van der Waals surface area contributed by atoms with Crippen molar-refractivity contribution in [3.63, 3.8) is 0 Å². The molecule has 0 aromatic rings. The van der Waals surface area contributed by atoms with Crippen LogP contribution in [0.1, 0.15) is 0 Å². The van der Waals surface area contributed by atoms with E-state index in [1.54, 1.807) is 0 Å². The Hall–Kier alpha value is 0.323. The van der Waals surface area contributed by atoms with Gasteiger partial charge in [0.1, 0.15) is 0 Å². The van der Waals surface area contributed by atoms with Crippen molar-refractivity contribution >= 4 is 0 Å². The van der Waals surface area contributed by atoms with Gasteiger partial charge in [0.15, 0.2) is 0 Å². The SMILES string of the molecule is C1=CC([CH-]C2C=CC=C2)C=C1.[Br-].[Zr+2]. The number of halogens is 1. The molecule has 0 unspecified atom stereocenters. The first kappa shape index (κ1) is 13.3. The number of hydrogen-bond donors (Lipinski definition) is 0. The Morgan fingerprint density at radius 3 is 1.31 bits per heavy atom. The Morgan fingerprint density at radius 1 is 0.692 bits per heavy atom. The summed E-state index contributed by atoms with van der Waals surface area (Å²) >= 11 is 0. The number of rotatable bonds is 2. The predicted molar refractivity (Wildman–Crippen MR) is 47.8 cm³/mol. The van der Waals surface area contributed by atoms with Crippen LogP contribution in [0.25, 0.3) is 0 Å². The van der Waals surface area contributed by atoms with Crippen molar-refractivity contribution in [3.05, 3.63) is 55.0 Å². The zero-order valence-corrected chi connectivity index (χ0v) is 11.3. The van der Waals surface area contributed by atoms with E-state index < -0.39 is 0 Å². The zero-order valence-electron chi connectivity index (χ0n) is 7.23. The van der Waals surface area contributed by atoms with Gasteiger partial charge in [0, 0.05) is 0 Å². The topological polar surface area (TPSA) is 0 Å². The van der Waals surface area contributed by atoms with E-state index in [1.807, 2.05) is 0 Å². The molecule has 0 bridgehead atoms. The van der Waals surface area contributed by atoms with Crippen molar-refractivity contribution in [1.82, 2.24) is 0 Å². The third-order valence-electron chi connectivity index (χ3n) is 2.00. The number of allylic oxidation sites excluding steroid dienone is 8. The van der Waals surface area contributed by atoms with Crippen LogP contribution in [0.15, 0.2) is 48.6 Å². The minimum Gasteiger partial charge on any atom is -1.00 e. The Morgan fingerprint density at radius 2 is 1.00 bits per heavy atom. The minimum absolute atomic E-state index is 0. The van der Waals surface area contributed by atoms with Crippen LogP contribution in [-0.2, 0) is 26.2 Å². The normalized spacial score (nSPS) is 19.1. The molecule has 0 aromatic heterocycles. The predicted octanol–water partition coefficient (Wildman–Crippen LogP) is -0.323. The van der Waals surface area contributed by atoms with Crippen molar-refractivity contribution < 1.29 is 43.2 Å². The van der Waals surface area contributed by atoms with Crippen LogP contribution in [0.2, 0.25) is 0 Å². The summed E-state index contributed by atoms with van der Waals surface area (Å²) in [6, 6.07) is 0. The molecule has 0 spiro atoms. The number of hydrogen-bond acceptors (Lipinski definition) is 0. The third kappa shape index (κ3) is 3.91. The summed E-state index contributed by atoms with van der Waals surface area (Å²) in [6.07, 6.45) is 19.6. The van der Waals surface area contributed by atoms with Gasteiger partial charge in [-0.1, -0.05) is 24.3 Å². The quantitative estimate of drug-likeness (QED) is 0.613. The molecular formula is C11H11BrZr. The van der Waals surface area contributed by atoms with Gasteiger partial charge >= 0.3 is 26.2 Å². The molecular weight excluding hydrogens is 303 g/mol.